The summed E-state index contributed by atoms with van der Waals surface area (Å²) in [4.78, 5) is 2.58. The van der Waals surface area contributed by atoms with Gasteiger partial charge < -0.3 is 15.0 Å². The number of ether oxygens (including phenoxy) is 1. The van der Waals surface area contributed by atoms with Crippen molar-refractivity contribution in [2.24, 2.45) is 0 Å². The number of rotatable bonds is 8. The quantitative estimate of drug-likeness (QED) is 0.620. The fourth-order valence-electron chi connectivity index (χ4n) is 2.04. The van der Waals surface area contributed by atoms with E-state index in [0.717, 1.165) is 19.7 Å². The number of hydrogen-bond acceptors (Lipinski definition) is 3. The van der Waals surface area contributed by atoms with E-state index < -0.39 is 0 Å². The first-order chi connectivity index (χ1) is 7.43. The second kappa shape index (κ2) is 9.13. The van der Waals surface area contributed by atoms with Crippen molar-refractivity contribution >= 4 is 0 Å². The highest BCUT2D eigenvalue weighted by atomic mass is 16.5. The van der Waals surface area contributed by atoms with Crippen LogP contribution in [0.15, 0.2) is 0 Å². The molecule has 0 radical (unpaired) electrons. The lowest BCUT2D eigenvalue weighted by atomic mass is 10.1. The van der Waals surface area contributed by atoms with Crippen molar-refractivity contribution in [2.75, 3.05) is 46.4 Å². The molecule has 0 saturated carbocycles. The summed E-state index contributed by atoms with van der Waals surface area (Å²) in [5, 5.41) is 3.49. The maximum Gasteiger partial charge on any atom is 0.0462 e. The summed E-state index contributed by atoms with van der Waals surface area (Å²) in [6.07, 6.45) is 6.63. The van der Waals surface area contributed by atoms with Crippen LogP contribution in [0.1, 0.15) is 32.1 Å². The van der Waals surface area contributed by atoms with Crippen LogP contribution in [-0.2, 0) is 4.74 Å². The van der Waals surface area contributed by atoms with Gasteiger partial charge in [-0.25, -0.2) is 0 Å². The number of nitrogens with zero attached hydrogens (tertiary/aromatic N) is 1. The van der Waals surface area contributed by atoms with Crippen LogP contribution in [-0.4, -0.2) is 51.3 Å². The van der Waals surface area contributed by atoms with Crippen molar-refractivity contribution in [2.45, 2.75) is 32.1 Å². The van der Waals surface area contributed by atoms with E-state index in [1.54, 1.807) is 7.11 Å². The van der Waals surface area contributed by atoms with Gasteiger partial charge in [0.15, 0.2) is 0 Å². The summed E-state index contributed by atoms with van der Waals surface area (Å²) in [6, 6.07) is 0. The number of nitrogens with one attached hydrogen (secondary N) is 1. The largest absolute Gasteiger partial charge is 0.385 e. The third-order valence-corrected chi connectivity index (χ3v) is 3.01. The number of hydrogen-bond donors (Lipinski definition) is 1. The molecule has 0 bridgehead atoms. The second-order valence-corrected chi connectivity index (χ2v) is 4.35. The van der Waals surface area contributed by atoms with Gasteiger partial charge >= 0.3 is 0 Å². The maximum atomic E-state index is 5.01. The van der Waals surface area contributed by atoms with Gasteiger partial charge in [0.05, 0.1) is 0 Å². The van der Waals surface area contributed by atoms with Gasteiger partial charge in [0, 0.05) is 26.8 Å². The van der Waals surface area contributed by atoms with Crippen molar-refractivity contribution < 1.29 is 4.74 Å². The zero-order chi connectivity index (χ0) is 10.8. The SMILES string of the molecule is COCCCCNCCN1CCCCC1. The van der Waals surface area contributed by atoms with Crippen molar-refractivity contribution in [1.29, 1.82) is 0 Å². The third kappa shape index (κ3) is 6.88. The van der Waals surface area contributed by atoms with E-state index in [1.165, 1.54) is 51.7 Å². The number of methoxy groups -OCH3 is 1. The highest BCUT2D eigenvalue weighted by Crippen LogP contribution is 2.07. The molecule has 1 aliphatic heterocycles. The summed E-state index contributed by atoms with van der Waals surface area (Å²) < 4.78 is 5.01. The highest BCUT2D eigenvalue weighted by molar-refractivity contribution is 4.65. The minimum Gasteiger partial charge on any atom is -0.385 e. The van der Waals surface area contributed by atoms with Gasteiger partial charge in [0.1, 0.15) is 0 Å². The molecule has 3 heteroatoms. The van der Waals surface area contributed by atoms with Gasteiger partial charge in [-0.3, -0.25) is 0 Å². The number of unbranched alkanes of at least 4 members (excludes halogenated alkanes) is 1. The molecule has 0 aromatic heterocycles. The lowest BCUT2D eigenvalue weighted by Gasteiger charge is -2.26. The number of likely N-dealkylation sites (tertiary alicyclic amines) is 1. The predicted octanol–water partition coefficient (Wildman–Crippen LogP) is 1.49. The molecule has 1 saturated heterocycles. The van der Waals surface area contributed by atoms with E-state index in [-0.39, 0.29) is 0 Å². The Kier molecular flexibility index (Phi) is 7.88. The molecule has 0 atom stereocenters. The molecule has 0 aromatic rings. The third-order valence-electron chi connectivity index (χ3n) is 3.01. The van der Waals surface area contributed by atoms with Gasteiger partial charge in [-0.15, -0.1) is 0 Å². The first kappa shape index (κ1) is 12.9. The fraction of sp³-hybridized carbons (Fsp3) is 1.00. The van der Waals surface area contributed by atoms with Crippen LogP contribution >= 0.6 is 0 Å². The molecular formula is C12H26N2O. The van der Waals surface area contributed by atoms with Crippen molar-refractivity contribution in [3.63, 3.8) is 0 Å². The minimum absolute atomic E-state index is 0.897. The zero-order valence-corrected chi connectivity index (χ0v) is 10.1. The Bertz CT molecular complexity index is 136. The molecule has 1 fully saturated rings. The van der Waals surface area contributed by atoms with E-state index in [0.29, 0.717) is 0 Å². The van der Waals surface area contributed by atoms with Crippen LogP contribution in [0.4, 0.5) is 0 Å². The summed E-state index contributed by atoms with van der Waals surface area (Å²) in [6.45, 7) is 7.03. The van der Waals surface area contributed by atoms with Crippen LogP contribution in [0.5, 0.6) is 0 Å². The second-order valence-electron chi connectivity index (χ2n) is 4.35. The van der Waals surface area contributed by atoms with Gasteiger partial charge in [0.2, 0.25) is 0 Å². The monoisotopic (exact) mass is 214 g/mol. The average molecular weight is 214 g/mol. The first-order valence-corrected chi connectivity index (χ1v) is 6.35. The van der Waals surface area contributed by atoms with Crippen molar-refractivity contribution in [1.82, 2.24) is 10.2 Å². The van der Waals surface area contributed by atoms with E-state index in [4.69, 9.17) is 4.74 Å². The Morgan fingerprint density at radius 3 is 2.60 bits per heavy atom. The van der Waals surface area contributed by atoms with Gasteiger partial charge in [-0.05, 0) is 45.3 Å². The topological polar surface area (TPSA) is 24.5 Å². The normalized spacial score (nSPS) is 18.2. The van der Waals surface area contributed by atoms with Crippen LogP contribution in [0.2, 0.25) is 0 Å². The Hall–Kier alpha value is -0.120. The lowest BCUT2D eigenvalue weighted by molar-refractivity contribution is 0.192. The summed E-state index contributed by atoms with van der Waals surface area (Å²) in [5.41, 5.74) is 0. The standard InChI is InChI=1S/C12H26N2O/c1-15-12-6-3-7-13-8-11-14-9-4-2-5-10-14/h13H,2-12H2,1H3. The van der Waals surface area contributed by atoms with Crippen LogP contribution in [0, 0.1) is 0 Å². The molecule has 1 N–H and O–H groups in total. The summed E-state index contributed by atoms with van der Waals surface area (Å²) in [5.74, 6) is 0. The molecule has 0 aromatic carbocycles. The molecule has 1 aliphatic rings. The van der Waals surface area contributed by atoms with Gasteiger partial charge in [-0.1, -0.05) is 6.42 Å². The molecule has 90 valence electrons. The Morgan fingerprint density at radius 2 is 1.87 bits per heavy atom. The molecule has 3 nitrogen and oxygen atoms in total. The molecule has 0 amide bonds. The van der Waals surface area contributed by atoms with Gasteiger partial charge in [-0.2, -0.15) is 0 Å². The van der Waals surface area contributed by atoms with E-state index >= 15 is 0 Å². The number of piperidine rings is 1. The predicted molar refractivity (Wildman–Crippen MR) is 64.3 cm³/mol. The maximum absolute atomic E-state index is 5.01. The van der Waals surface area contributed by atoms with Crippen LogP contribution in [0.3, 0.4) is 0 Å². The zero-order valence-electron chi connectivity index (χ0n) is 10.1. The molecule has 15 heavy (non-hydrogen) atoms. The van der Waals surface area contributed by atoms with E-state index in [9.17, 15) is 0 Å². The van der Waals surface area contributed by atoms with E-state index in [1.807, 2.05) is 0 Å². The summed E-state index contributed by atoms with van der Waals surface area (Å²) in [7, 11) is 1.77. The minimum atomic E-state index is 0.897. The summed E-state index contributed by atoms with van der Waals surface area (Å²) >= 11 is 0. The molecule has 1 rings (SSSR count). The fourth-order valence-corrected chi connectivity index (χ4v) is 2.04. The van der Waals surface area contributed by atoms with Crippen LogP contribution in [0.25, 0.3) is 0 Å². The molecule has 0 aliphatic carbocycles. The van der Waals surface area contributed by atoms with Crippen LogP contribution < -0.4 is 5.32 Å². The molecule has 1 heterocycles. The van der Waals surface area contributed by atoms with Crippen molar-refractivity contribution in [3.05, 3.63) is 0 Å². The van der Waals surface area contributed by atoms with E-state index in [2.05, 4.69) is 10.2 Å². The van der Waals surface area contributed by atoms with Gasteiger partial charge in [0.25, 0.3) is 0 Å². The molecule has 0 spiro atoms. The Labute approximate surface area is 94.2 Å². The molecule has 0 unspecified atom stereocenters. The molecular weight excluding hydrogens is 188 g/mol. The lowest BCUT2D eigenvalue weighted by Crippen LogP contribution is -2.36. The Balaban J connectivity index is 1.79. The smallest absolute Gasteiger partial charge is 0.0462 e. The first-order valence-electron chi connectivity index (χ1n) is 6.35. The van der Waals surface area contributed by atoms with Crippen molar-refractivity contribution in [3.8, 4) is 0 Å². The highest BCUT2D eigenvalue weighted by Gasteiger charge is 2.08. The Morgan fingerprint density at radius 1 is 1.07 bits per heavy atom. The average Bonchev–Trinajstić information content (AvgIpc) is 2.29.